The Morgan fingerprint density at radius 2 is 1.64 bits per heavy atom. The summed E-state index contributed by atoms with van der Waals surface area (Å²) in [5, 5.41) is 2.71. The molecule has 1 amide bonds. The first-order valence-corrected chi connectivity index (χ1v) is 8.07. The van der Waals surface area contributed by atoms with Crippen LogP contribution in [0.2, 0.25) is 0 Å². The number of carbonyl (C=O) groups is 3. The van der Waals surface area contributed by atoms with E-state index in [1.165, 1.54) is 0 Å². The summed E-state index contributed by atoms with van der Waals surface area (Å²) in [6, 6.07) is 14.3. The smallest absolute Gasteiger partial charge is 0.306 e. The zero-order valence-corrected chi connectivity index (χ0v) is 14.4. The van der Waals surface area contributed by atoms with E-state index in [0.29, 0.717) is 11.3 Å². The third-order valence-electron chi connectivity index (χ3n) is 3.89. The monoisotopic (exact) mass is 339 g/mol. The number of aryl methyl sites for hydroxylation is 1. The summed E-state index contributed by atoms with van der Waals surface area (Å²) >= 11 is 0. The van der Waals surface area contributed by atoms with Gasteiger partial charge in [-0.05, 0) is 31.0 Å². The molecule has 0 heterocycles. The molecule has 5 nitrogen and oxygen atoms in total. The number of anilines is 1. The number of amides is 1. The highest BCUT2D eigenvalue weighted by molar-refractivity contribution is 5.98. The molecule has 5 heteroatoms. The van der Waals surface area contributed by atoms with Crippen molar-refractivity contribution in [3.8, 4) is 0 Å². The van der Waals surface area contributed by atoms with E-state index in [2.05, 4.69) is 5.32 Å². The molecular weight excluding hydrogens is 318 g/mol. The van der Waals surface area contributed by atoms with Crippen molar-refractivity contribution in [2.75, 3.05) is 11.9 Å². The summed E-state index contributed by atoms with van der Waals surface area (Å²) in [4.78, 5) is 35.5. The second kappa shape index (κ2) is 8.78. The van der Waals surface area contributed by atoms with E-state index in [9.17, 15) is 14.4 Å². The number of benzene rings is 2. The highest BCUT2D eigenvalue weighted by Gasteiger charge is 2.12. The maximum atomic E-state index is 11.9. The second-order valence-corrected chi connectivity index (χ2v) is 5.75. The maximum absolute atomic E-state index is 11.9. The van der Waals surface area contributed by atoms with Gasteiger partial charge < -0.3 is 10.1 Å². The average molecular weight is 339 g/mol. The van der Waals surface area contributed by atoms with Gasteiger partial charge in [-0.2, -0.15) is 0 Å². The SMILES string of the molecule is Cc1cccc(NC(=O)COC(=O)CCC(=O)c2ccccc2)c1C. The molecule has 2 rings (SSSR count). The van der Waals surface area contributed by atoms with Gasteiger partial charge in [0.2, 0.25) is 0 Å². The normalized spacial score (nSPS) is 10.2. The molecular formula is C20H21NO4. The Labute approximate surface area is 147 Å². The van der Waals surface area contributed by atoms with Crippen molar-refractivity contribution in [3.05, 3.63) is 65.2 Å². The standard InChI is InChI=1S/C20H21NO4/c1-14-7-6-10-17(15(14)2)21-19(23)13-25-20(24)12-11-18(22)16-8-4-3-5-9-16/h3-10H,11-13H2,1-2H3,(H,21,23). The molecule has 0 bridgehead atoms. The lowest BCUT2D eigenvalue weighted by atomic mass is 10.1. The zero-order chi connectivity index (χ0) is 18.2. The van der Waals surface area contributed by atoms with Crippen LogP contribution in [-0.2, 0) is 14.3 Å². The summed E-state index contributed by atoms with van der Waals surface area (Å²) in [5.74, 6) is -1.10. The quantitative estimate of drug-likeness (QED) is 0.619. The first kappa shape index (κ1) is 18.4. The van der Waals surface area contributed by atoms with Crippen molar-refractivity contribution in [1.82, 2.24) is 0 Å². The Morgan fingerprint density at radius 1 is 0.920 bits per heavy atom. The Bertz CT molecular complexity index is 769. The Kier molecular flexibility index (Phi) is 6.46. The van der Waals surface area contributed by atoms with Crippen LogP contribution >= 0.6 is 0 Å². The van der Waals surface area contributed by atoms with Gasteiger partial charge in [-0.1, -0.05) is 42.5 Å². The van der Waals surface area contributed by atoms with Crippen molar-refractivity contribution >= 4 is 23.3 Å². The molecule has 0 aliphatic carbocycles. The van der Waals surface area contributed by atoms with E-state index < -0.39 is 11.9 Å². The van der Waals surface area contributed by atoms with Crippen molar-refractivity contribution in [1.29, 1.82) is 0 Å². The molecule has 2 aromatic carbocycles. The summed E-state index contributed by atoms with van der Waals surface area (Å²) in [6.07, 6.45) is 0.00589. The Hall–Kier alpha value is -2.95. The van der Waals surface area contributed by atoms with E-state index >= 15 is 0 Å². The number of ketones is 1. The molecule has 0 radical (unpaired) electrons. The van der Waals surface area contributed by atoms with Gasteiger partial charge in [0, 0.05) is 17.7 Å². The molecule has 0 atom stereocenters. The molecule has 0 unspecified atom stereocenters. The van der Waals surface area contributed by atoms with Gasteiger partial charge in [-0.3, -0.25) is 14.4 Å². The van der Waals surface area contributed by atoms with Crippen LogP contribution in [0.25, 0.3) is 0 Å². The molecule has 130 valence electrons. The van der Waals surface area contributed by atoms with Gasteiger partial charge in [-0.25, -0.2) is 0 Å². The lowest BCUT2D eigenvalue weighted by Crippen LogP contribution is -2.21. The number of Topliss-reactive ketones (excluding diaryl/α,β-unsaturated/α-hetero) is 1. The molecule has 0 fully saturated rings. The fraction of sp³-hybridized carbons (Fsp3) is 0.250. The first-order valence-electron chi connectivity index (χ1n) is 8.07. The van der Waals surface area contributed by atoms with Crippen LogP contribution in [0.4, 0.5) is 5.69 Å². The lowest BCUT2D eigenvalue weighted by Gasteiger charge is -2.10. The highest BCUT2D eigenvalue weighted by Crippen LogP contribution is 2.17. The summed E-state index contributed by atoms with van der Waals surface area (Å²) < 4.78 is 4.93. The van der Waals surface area contributed by atoms with Gasteiger partial charge >= 0.3 is 5.97 Å². The largest absolute Gasteiger partial charge is 0.456 e. The maximum Gasteiger partial charge on any atom is 0.306 e. The molecule has 1 N–H and O–H groups in total. The number of hydrogen-bond acceptors (Lipinski definition) is 4. The van der Waals surface area contributed by atoms with Crippen LogP contribution in [0.1, 0.15) is 34.3 Å². The van der Waals surface area contributed by atoms with E-state index in [1.54, 1.807) is 30.3 Å². The van der Waals surface area contributed by atoms with E-state index in [0.717, 1.165) is 11.1 Å². The van der Waals surface area contributed by atoms with Crippen LogP contribution in [0.5, 0.6) is 0 Å². The van der Waals surface area contributed by atoms with Gasteiger partial charge in [0.1, 0.15) is 0 Å². The fourth-order valence-electron chi connectivity index (χ4n) is 2.27. The number of hydrogen-bond donors (Lipinski definition) is 1. The van der Waals surface area contributed by atoms with Crippen LogP contribution in [0.3, 0.4) is 0 Å². The predicted octanol–water partition coefficient (Wildman–Crippen LogP) is 3.45. The van der Waals surface area contributed by atoms with Crippen LogP contribution in [0, 0.1) is 13.8 Å². The van der Waals surface area contributed by atoms with Gasteiger partial charge in [-0.15, -0.1) is 0 Å². The molecule has 25 heavy (non-hydrogen) atoms. The second-order valence-electron chi connectivity index (χ2n) is 5.75. The molecule has 0 saturated heterocycles. The van der Waals surface area contributed by atoms with Gasteiger partial charge in [0.05, 0.1) is 6.42 Å². The predicted molar refractivity (Wildman–Crippen MR) is 95.5 cm³/mol. The molecule has 0 aliphatic rings. The molecule has 0 aliphatic heterocycles. The van der Waals surface area contributed by atoms with Crippen molar-refractivity contribution in [3.63, 3.8) is 0 Å². The minimum atomic E-state index is -0.569. The molecule has 0 aromatic heterocycles. The molecule has 0 saturated carbocycles. The van der Waals surface area contributed by atoms with Crippen LogP contribution < -0.4 is 5.32 Å². The highest BCUT2D eigenvalue weighted by atomic mass is 16.5. The molecule has 2 aromatic rings. The van der Waals surface area contributed by atoms with E-state index in [4.69, 9.17) is 4.74 Å². The van der Waals surface area contributed by atoms with Crippen molar-refractivity contribution in [2.45, 2.75) is 26.7 Å². The number of nitrogens with one attached hydrogen (secondary N) is 1. The Balaban J connectivity index is 1.75. The lowest BCUT2D eigenvalue weighted by molar-refractivity contribution is -0.147. The summed E-state index contributed by atoms with van der Waals surface area (Å²) in [6.45, 7) is 3.49. The van der Waals surface area contributed by atoms with Crippen LogP contribution in [0.15, 0.2) is 48.5 Å². The minimum absolute atomic E-state index is 0.0511. The number of esters is 1. The third-order valence-corrected chi connectivity index (χ3v) is 3.89. The average Bonchev–Trinajstić information content (AvgIpc) is 2.62. The van der Waals surface area contributed by atoms with Crippen molar-refractivity contribution in [2.24, 2.45) is 0 Å². The Morgan fingerprint density at radius 3 is 2.36 bits per heavy atom. The molecule has 0 spiro atoms. The number of carbonyl (C=O) groups excluding carboxylic acids is 3. The third kappa shape index (κ3) is 5.57. The zero-order valence-electron chi connectivity index (χ0n) is 14.4. The van der Waals surface area contributed by atoms with Gasteiger partial charge in [0.15, 0.2) is 12.4 Å². The summed E-state index contributed by atoms with van der Waals surface area (Å²) in [5.41, 5.74) is 3.29. The number of rotatable bonds is 7. The fourth-order valence-corrected chi connectivity index (χ4v) is 2.27. The first-order chi connectivity index (χ1) is 12.0. The van der Waals surface area contributed by atoms with E-state index in [-0.39, 0.29) is 25.2 Å². The van der Waals surface area contributed by atoms with E-state index in [1.807, 2.05) is 32.0 Å². The van der Waals surface area contributed by atoms with Crippen LogP contribution in [-0.4, -0.2) is 24.3 Å². The minimum Gasteiger partial charge on any atom is -0.456 e. The van der Waals surface area contributed by atoms with Crippen molar-refractivity contribution < 1.29 is 19.1 Å². The number of ether oxygens (including phenoxy) is 1. The topological polar surface area (TPSA) is 72.5 Å². The summed E-state index contributed by atoms with van der Waals surface area (Å²) in [7, 11) is 0. The van der Waals surface area contributed by atoms with Gasteiger partial charge in [0.25, 0.3) is 5.91 Å².